The molecule has 0 fully saturated rings. The number of aromatic nitrogens is 1. The first kappa shape index (κ1) is 14.3. The third-order valence-electron chi connectivity index (χ3n) is 3.04. The summed E-state index contributed by atoms with van der Waals surface area (Å²) in [6, 6.07) is 10.8. The van der Waals surface area contributed by atoms with Crippen molar-refractivity contribution >= 4 is 28.4 Å². The minimum absolute atomic E-state index is 0.0464. The van der Waals surface area contributed by atoms with Gasteiger partial charge in [0.25, 0.3) is 5.91 Å². The highest BCUT2D eigenvalue weighted by molar-refractivity contribution is 6.30. The molecule has 102 valence electrons. The lowest BCUT2D eigenvalue weighted by Crippen LogP contribution is -2.37. The van der Waals surface area contributed by atoms with Crippen LogP contribution < -0.4 is 0 Å². The van der Waals surface area contributed by atoms with E-state index in [1.165, 1.54) is 4.90 Å². The molecule has 0 spiro atoms. The summed E-state index contributed by atoms with van der Waals surface area (Å²) in [5.41, 5.74) is 1.15. The topological polar surface area (TPSA) is 57.0 Å². The number of fused-ring (bicyclic) bond motifs is 1. The molecule has 0 N–H and O–H groups in total. The molecule has 1 aromatic heterocycles. The number of hydrogen-bond acceptors (Lipinski definition) is 3. The van der Waals surface area contributed by atoms with Gasteiger partial charge < -0.3 is 4.90 Å². The zero-order valence-corrected chi connectivity index (χ0v) is 12.1. The van der Waals surface area contributed by atoms with Crippen LogP contribution in [0.25, 0.3) is 10.9 Å². The summed E-state index contributed by atoms with van der Waals surface area (Å²) in [4.78, 5) is 18.3. The van der Waals surface area contributed by atoms with Crippen LogP contribution >= 0.6 is 11.6 Å². The summed E-state index contributed by atoms with van der Waals surface area (Å²) in [7, 11) is 0. The zero-order valence-electron chi connectivity index (χ0n) is 11.3. The van der Waals surface area contributed by atoms with Crippen molar-refractivity contribution in [1.29, 1.82) is 5.26 Å². The minimum atomic E-state index is -0.206. The molecule has 20 heavy (non-hydrogen) atoms. The molecule has 1 heterocycles. The van der Waals surface area contributed by atoms with Crippen molar-refractivity contribution in [2.45, 2.75) is 19.9 Å². The first-order valence-corrected chi connectivity index (χ1v) is 6.65. The quantitative estimate of drug-likeness (QED) is 0.643. The van der Waals surface area contributed by atoms with Crippen LogP contribution in [0.4, 0.5) is 0 Å². The second-order valence-electron chi connectivity index (χ2n) is 4.69. The van der Waals surface area contributed by atoms with Crippen LogP contribution in [-0.2, 0) is 0 Å². The van der Waals surface area contributed by atoms with Gasteiger partial charge in [-0.1, -0.05) is 29.8 Å². The van der Waals surface area contributed by atoms with Gasteiger partial charge in [0.1, 0.15) is 11.7 Å². The molecule has 2 rings (SSSR count). The highest BCUT2D eigenvalue weighted by Gasteiger charge is 2.21. The first-order valence-electron chi connectivity index (χ1n) is 6.27. The molecule has 0 saturated heterocycles. The van der Waals surface area contributed by atoms with Gasteiger partial charge in [0.15, 0.2) is 0 Å². The van der Waals surface area contributed by atoms with Crippen molar-refractivity contribution in [3.63, 3.8) is 0 Å². The number of amides is 1. The number of carbonyl (C=O) groups is 1. The molecule has 0 atom stereocenters. The minimum Gasteiger partial charge on any atom is -0.323 e. The van der Waals surface area contributed by atoms with Crippen molar-refractivity contribution < 1.29 is 4.79 Å². The first-order chi connectivity index (χ1) is 9.54. The Morgan fingerprint density at radius 3 is 2.80 bits per heavy atom. The van der Waals surface area contributed by atoms with Crippen molar-refractivity contribution in [2.75, 3.05) is 6.54 Å². The fourth-order valence-electron chi connectivity index (χ4n) is 2.04. The smallest absolute Gasteiger partial charge is 0.255 e. The number of halogens is 1. The Labute approximate surface area is 122 Å². The Morgan fingerprint density at radius 2 is 2.15 bits per heavy atom. The Kier molecular flexibility index (Phi) is 4.21. The van der Waals surface area contributed by atoms with Crippen LogP contribution in [0.3, 0.4) is 0 Å². The number of nitrogens with zero attached hydrogens (tertiary/aromatic N) is 3. The molecule has 0 saturated carbocycles. The zero-order chi connectivity index (χ0) is 14.7. The molecule has 2 aromatic rings. The largest absolute Gasteiger partial charge is 0.323 e. The summed E-state index contributed by atoms with van der Waals surface area (Å²) in [6.07, 6.45) is 0. The second kappa shape index (κ2) is 5.89. The van der Waals surface area contributed by atoms with Crippen molar-refractivity contribution in [1.82, 2.24) is 9.88 Å². The van der Waals surface area contributed by atoms with Gasteiger partial charge >= 0.3 is 0 Å². The van der Waals surface area contributed by atoms with Crippen LogP contribution in [0.15, 0.2) is 30.3 Å². The van der Waals surface area contributed by atoms with E-state index >= 15 is 0 Å². The molecule has 1 amide bonds. The number of carbonyl (C=O) groups excluding carboxylic acids is 1. The highest BCUT2D eigenvalue weighted by atomic mass is 35.5. The highest BCUT2D eigenvalue weighted by Crippen LogP contribution is 2.22. The molecule has 1 aromatic carbocycles. The normalized spacial score (nSPS) is 10.6. The molecule has 0 aliphatic rings. The van der Waals surface area contributed by atoms with Crippen molar-refractivity contribution in [3.8, 4) is 6.07 Å². The fraction of sp³-hybridized carbons (Fsp3) is 0.267. The summed E-state index contributed by atoms with van der Waals surface area (Å²) in [6.45, 7) is 3.80. The number of rotatable bonds is 3. The number of nitriles is 1. The van der Waals surface area contributed by atoms with Gasteiger partial charge in [0.05, 0.1) is 17.1 Å². The second-order valence-corrected chi connectivity index (χ2v) is 5.08. The summed E-state index contributed by atoms with van der Waals surface area (Å²) >= 11 is 5.98. The third kappa shape index (κ3) is 2.73. The van der Waals surface area contributed by atoms with Crippen LogP contribution in [0, 0.1) is 11.3 Å². The van der Waals surface area contributed by atoms with E-state index in [2.05, 4.69) is 4.98 Å². The molecule has 0 radical (unpaired) electrons. The number of hydrogen-bond donors (Lipinski definition) is 0. The fourth-order valence-corrected chi connectivity index (χ4v) is 2.24. The lowest BCUT2D eigenvalue weighted by molar-refractivity contribution is 0.0733. The van der Waals surface area contributed by atoms with Crippen LogP contribution in [0.5, 0.6) is 0 Å². The summed E-state index contributed by atoms with van der Waals surface area (Å²) < 4.78 is 0. The maximum atomic E-state index is 12.6. The van der Waals surface area contributed by atoms with Crippen LogP contribution in [-0.4, -0.2) is 28.4 Å². The molecule has 0 bridgehead atoms. The Balaban J connectivity index is 2.57. The molecular formula is C15H14ClN3O. The maximum absolute atomic E-state index is 12.6. The molecule has 0 unspecified atom stereocenters. The van der Waals surface area contributed by atoms with E-state index < -0.39 is 0 Å². The number of pyridine rings is 1. The third-order valence-corrected chi connectivity index (χ3v) is 3.23. The monoisotopic (exact) mass is 287 g/mol. The maximum Gasteiger partial charge on any atom is 0.255 e. The molecule has 0 aliphatic heterocycles. The van der Waals surface area contributed by atoms with Gasteiger partial charge in [0, 0.05) is 11.4 Å². The SMILES string of the molecule is CC(C)N(CC#N)C(=O)c1cc(Cl)nc2ccccc12. The van der Waals surface area contributed by atoms with Gasteiger partial charge in [-0.05, 0) is 26.0 Å². The van der Waals surface area contributed by atoms with Crippen molar-refractivity contribution in [2.24, 2.45) is 0 Å². The van der Waals surface area contributed by atoms with Gasteiger partial charge in [0.2, 0.25) is 0 Å². The van der Waals surface area contributed by atoms with Gasteiger partial charge in [-0.25, -0.2) is 4.98 Å². The Bertz CT molecular complexity index is 691. The molecular weight excluding hydrogens is 274 g/mol. The molecule has 0 aliphatic carbocycles. The van der Waals surface area contributed by atoms with E-state index in [-0.39, 0.29) is 23.6 Å². The standard InChI is InChI=1S/C15H14ClN3O/c1-10(2)19(8-7-17)15(20)12-9-14(16)18-13-6-4-3-5-11(12)13/h3-6,9-10H,8H2,1-2H3. The average Bonchev–Trinajstić information content (AvgIpc) is 2.42. The lowest BCUT2D eigenvalue weighted by Gasteiger charge is -2.24. The summed E-state index contributed by atoms with van der Waals surface area (Å²) in [5.74, 6) is -0.206. The van der Waals surface area contributed by atoms with E-state index in [1.54, 1.807) is 6.07 Å². The van der Waals surface area contributed by atoms with E-state index in [9.17, 15) is 4.79 Å². The van der Waals surface area contributed by atoms with E-state index in [4.69, 9.17) is 16.9 Å². The van der Waals surface area contributed by atoms with Crippen LogP contribution in [0.1, 0.15) is 24.2 Å². The lowest BCUT2D eigenvalue weighted by atomic mass is 10.1. The molecule has 5 heteroatoms. The average molecular weight is 288 g/mol. The van der Waals surface area contributed by atoms with Gasteiger partial charge in [-0.2, -0.15) is 5.26 Å². The number of benzene rings is 1. The Morgan fingerprint density at radius 1 is 1.45 bits per heavy atom. The van der Waals surface area contributed by atoms with E-state index in [0.29, 0.717) is 11.1 Å². The van der Waals surface area contributed by atoms with Gasteiger partial charge in [-0.15, -0.1) is 0 Å². The summed E-state index contributed by atoms with van der Waals surface area (Å²) in [5, 5.41) is 9.88. The van der Waals surface area contributed by atoms with E-state index in [0.717, 1.165) is 5.39 Å². The van der Waals surface area contributed by atoms with Crippen molar-refractivity contribution in [3.05, 3.63) is 41.0 Å². The Hall–Kier alpha value is -2.12. The number of para-hydroxylation sites is 1. The van der Waals surface area contributed by atoms with E-state index in [1.807, 2.05) is 44.2 Å². The predicted molar refractivity (Wildman–Crippen MR) is 78.5 cm³/mol. The predicted octanol–water partition coefficient (Wildman–Crippen LogP) is 3.26. The van der Waals surface area contributed by atoms with Crippen LogP contribution in [0.2, 0.25) is 5.15 Å². The molecule has 4 nitrogen and oxygen atoms in total. The van der Waals surface area contributed by atoms with Gasteiger partial charge in [-0.3, -0.25) is 4.79 Å².